The normalized spacial score (nSPS) is 11.7. The fourth-order valence-electron chi connectivity index (χ4n) is 0.970. The van der Waals surface area contributed by atoms with Crippen LogP contribution in [-0.2, 0) is 0 Å². The molecule has 0 aromatic heterocycles. The second-order valence-corrected chi connectivity index (χ2v) is 5.79. The standard InChI is InChI=1S/C10H9NOTe/c1-8(13-7-11)10(12)9-5-3-2-4-6-9/h2-6,8H,1H3. The van der Waals surface area contributed by atoms with Crippen LogP contribution in [0.4, 0.5) is 0 Å². The van der Waals surface area contributed by atoms with Crippen LogP contribution in [-0.4, -0.2) is 26.7 Å². The summed E-state index contributed by atoms with van der Waals surface area (Å²) < 4.78 is 2.06. The van der Waals surface area contributed by atoms with E-state index in [1.807, 2.05) is 25.1 Å². The van der Waals surface area contributed by atoms with Gasteiger partial charge in [-0.2, -0.15) is 0 Å². The van der Waals surface area contributed by atoms with E-state index in [1.54, 1.807) is 12.1 Å². The van der Waals surface area contributed by atoms with Crippen molar-refractivity contribution in [3.63, 3.8) is 0 Å². The van der Waals surface area contributed by atoms with Gasteiger partial charge in [0.25, 0.3) is 0 Å². The molecule has 0 fully saturated rings. The fraction of sp³-hybridized carbons (Fsp3) is 0.200. The summed E-state index contributed by atoms with van der Waals surface area (Å²) in [5, 5.41) is 8.49. The summed E-state index contributed by atoms with van der Waals surface area (Å²) in [5.41, 5.74) is 0.718. The summed E-state index contributed by atoms with van der Waals surface area (Å²) in [7, 11) is 0. The van der Waals surface area contributed by atoms with Crippen LogP contribution in [0.3, 0.4) is 0 Å². The number of nitriles is 1. The molecular formula is C10H9NOTe. The molecule has 0 aliphatic heterocycles. The third-order valence-corrected chi connectivity index (χ3v) is 3.58. The average molecular weight is 287 g/mol. The summed E-state index contributed by atoms with van der Waals surface area (Å²) in [6, 6.07) is 9.15. The van der Waals surface area contributed by atoms with Gasteiger partial charge in [0.05, 0.1) is 0 Å². The average Bonchev–Trinajstić information content (AvgIpc) is 2.18. The molecule has 0 heterocycles. The Balaban J connectivity index is 2.75. The van der Waals surface area contributed by atoms with Gasteiger partial charge >= 0.3 is 87.7 Å². The molecule has 0 aliphatic carbocycles. The minimum atomic E-state index is -0.814. The number of benzene rings is 1. The van der Waals surface area contributed by atoms with E-state index in [2.05, 4.69) is 4.12 Å². The summed E-state index contributed by atoms with van der Waals surface area (Å²) in [6.45, 7) is 1.83. The van der Waals surface area contributed by atoms with Gasteiger partial charge in [0, 0.05) is 0 Å². The van der Waals surface area contributed by atoms with Crippen LogP contribution >= 0.6 is 0 Å². The van der Waals surface area contributed by atoms with Crippen molar-refractivity contribution in [2.75, 3.05) is 0 Å². The van der Waals surface area contributed by atoms with E-state index in [4.69, 9.17) is 5.26 Å². The Hall–Kier alpha value is -0.830. The molecule has 1 aromatic rings. The van der Waals surface area contributed by atoms with Crippen molar-refractivity contribution in [2.24, 2.45) is 0 Å². The third-order valence-electron chi connectivity index (χ3n) is 1.66. The van der Waals surface area contributed by atoms with Crippen molar-refractivity contribution in [2.45, 2.75) is 10.9 Å². The van der Waals surface area contributed by atoms with Gasteiger partial charge < -0.3 is 0 Å². The SMILES string of the molecule is CC([Te]C#N)C(=O)c1ccccc1. The number of ketones is 1. The Kier molecular flexibility index (Phi) is 3.96. The minimum absolute atomic E-state index is 0.0715. The molecule has 0 N–H and O–H groups in total. The molecule has 0 saturated carbocycles. The Morgan fingerprint density at radius 2 is 2.08 bits per heavy atom. The van der Waals surface area contributed by atoms with E-state index in [0.29, 0.717) is 0 Å². The van der Waals surface area contributed by atoms with E-state index >= 15 is 0 Å². The zero-order chi connectivity index (χ0) is 9.68. The van der Waals surface area contributed by atoms with Crippen LogP contribution in [0.5, 0.6) is 0 Å². The Bertz CT molecular complexity index is 329. The van der Waals surface area contributed by atoms with Gasteiger partial charge in [0.1, 0.15) is 0 Å². The van der Waals surface area contributed by atoms with E-state index in [9.17, 15) is 4.79 Å². The van der Waals surface area contributed by atoms with E-state index < -0.39 is 20.9 Å². The molecule has 66 valence electrons. The first kappa shape index (κ1) is 10.3. The predicted octanol–water partition coefficient (Wildman–Crippen LogP) is 1.86. The first-order valence-electron chi connectivity index (χ1n) is 3.89. The van der Waals surface area contributed by atoms with Gasteiger partial charge in [-0.3, -0.25) is 0 Å². The van der Waals surface area contributed by atoms with Gasteiger partial charge in [-0.1, -0.05) is 0 Å². The fourth-order valence-corrected chi connectivity index (χ4v) is 2.11. The van der Waals surface area contributed by atoms with Gasteiger partial charge in [-0.15, -0.1) is 0 Å². The third kappa shape index (κ3) is 2.84. The molecule has 0 radical (unpaired) electrons. The number of hydrogen-bond donors (Lipinski definition) is 0. The molecule has 1 rings (SSSR count). The van der Waals surface area contributed by atoms with Gasteiger partial charge in [-0.05, 0) is 0 Å². The second kappa shape index (κ2) is 5.02. The summed E-state index contributed by atoms with van der Waals surface area (Å²) >= 11 is -0.814. The van der Waals surface area contributed by atoms with Crippen molar-refractivity contribution in [3.8, 4) is 4.12 Å². The summed E-state index contributed by atoms with van der Waals surface area (Å²) in [5.74, 6) is 0.101. The van der Waals surface area contributed by atoms with E-state index in [0.717, 1.165) is 5.56 Å². The van der Waals surface area contributed by atoms with Crippen molar-refractivity contribution in [3.05, 3.63) is 35.9 Å². The second-order valence-electron chi connectivity index (χ2n) is 2.58. The van der Waals surface area contributed by atoms with Crippen molar-refractivity contribution in [1.82, 2.24) is 0 Å². The van der Waals surface area contributed by atoms with Crippen molar-refractivity contribution in [1.29, 1.82) is 5.26 Å². The van der Waals surface area contributed by atoms with Crippen LogP contribution in [0.25, 0.3) is 0 Å². The molecule has 1 atom stereocenters. The molecule has 2 nitrogen and oxygen atoms in total. The first-order valence-corrected chi connectivity index (χ1v) is 6.40. The topological polar surface area (TPSA) is 40.9 Å². The number of carbonyl (C=O) groups excluding carboxylic acids is 1. The first-order chi connectivity index (χ1) is 6.25. The molecule has 0 spiro atoms. The maximum atomic E-state index is 11.6. The van der Waals surface area contributed by atoms with Gasteiger partial charge in [-0.25, -0.2) is 0 Å². The molecule has 1 unspecified atom stereocenters. The number of nitrogens with zero attached hydrogens (tertiary/aromatic N) is 1. The zero-order valence-electron chi connectivity index (χ0n) is 7.23. The zero-order valence-corrected chi connectivity index (χ0v) is 9.56. The number of hydrogen-bond acceptors (Lipinski definition) is 2. The molecular weight excluding hydrogens is 278 g/mol. The Labute approximate surface area is 87.6 Å². The molecule has 13 heavy (non-hydrogen) atoms. The molecule has 1 aromatic carbocycles. The van der Waals surface area contributed by atoms with Crippen LogP contribution < -0.4 is 0 Å². The van der Waals surface area contributed by atoms with Crippen LogP contribution in [0.1, 0.15) is 17.3 Å². The van der Waals surface area contributed by atoms with Crippen LogP contribution in [0.2, 0.25) is 3.97 Å². The number of carbonyl (C=O) groups is 1. The molecule has 0 saturated heterocycles. The molecule has 0 aliphatic rings. The summed E-state index contributed by atoms with van der Waals surface area (Å²) in [6.07, 6.45) is 0. The summed E-state index contributed by atoms with van der Waals surface area (Å²) in [4.78, 5) is 11.6. The van der Waals surface area contributed by atoms with E-state index in [-0.39, 0.29) is 9.75 Å². The van der Waals surface area contributed by atoms with Gasteiger partial charge in [0.2, 0.25) is 0 Å². The van der Waals surface area contributed by atoms with Crippen molar-refractivity contribution >= 4 is 26.7 Å². The molecule has 3 heteroatoms. The predicted molar refractivity (Wildman–Crippen MR) is 51.6 cm³/mol. The van der Waals surface area contributed by atoms with Crippen LogP contribution in [0.15, 0.2) is 30.3 Å². The number of rotatable bonds is 3. The van der Waals surface area contributed by atoms with E-state index in [1.165, 1.54) is 0 Å². The monoisotopic (exact) mass is 289 g/mol. The molecule has 0 bridgehead atoms. The van der Waals surface area contributed by atoms with Crippen LogP contribution in [0, 0.1) is 9.38 Å². The van der Waals surface area contributed by atoms with Gasteiger partial charge in [0.15, 0.2) is 0 Å². The Morgan fingerprint density at radius 3 is 2.62 bits per heavy atom. The van der Waals surface area contributed by atoms with Crippen molar-refractivity contribution < 1.29 is 4.79 Å². The molecule has 0 amide bonds. The maximum absolute atomic E-state index is 11.6. The Morgan fingerprint density at radius 1 is 1.46 bits per heavy atom. The quantitative estimate of drug-likeness (QED) is 0.629. The number of Topliss-reactive ketones (excluding diaryl/α,β-unsaturated/α-hetero) is 1.